The molecule has 1 fully saturated rings. The highest BCUT2D eigenvalue weighted by molar-refractivity contribution is 6.67. The van der Waals surface area contributed by atoms with E-state index in [1.807, 2.05) is 6.08 Å². The summed E-state index contributed by atoms with van der Waals surface area (Å²) in [5.74, 6) is 0. The van der Waals surface area contributed by atoms with Crippen molar-refractivity contribution in [3.8, 4) is 0 Å². The van der Waals surface area contributed by atoms with Crippen LogP contribution in [0.5, 0.6) is 0 Å². The third-order valence-electron chi connectivity index (χ3n) is 2.75. The molecule has 0 spiro atoms. The van der Waals surface area contributed by atoms with Crippen LogP contribution in [-0.2, 0) is 0 Å². The van der Waals surface area contributed by atoms with Crippen molar-refractivity contribution in [2.75, 3.05) is 0 Å². The van der Waals surface area contributed by atoms with Crippen molar-refractivity contribution < 1.29 is 0 Å². The first-order valence-corrected chi connectivity index (χ1v) is 7.55. The highest BCUT2D eigenvalue weighted by Gasteiger charge is 2.16. The van der Waals surface area contributed by atoms with Crippen LogP contribution in [0.25, 0.3) is 0 Å². The molecule has 13 heavy (non-hydrogen) atoms. The van der Waals surface area contributed by atoms with E-state index in [-0.39, 0.29) is 0 Å². The summed E-state index contributed by atoms with van der Waals surface area (Å²) in [5.41, 5.74) is 0. The second-order valence-corrected chi connectivity index (χ2v) is 6.95. The third-order valence-corrected chi connectivity index (χ3v) is 6.28. The molecule has 0 aliphatic carbocycles. The lowest BCUT2D eigenvalue weighted by molar-refractivity contribution is 0.726. The summed E-state index contributed by atoms with van der Waals surface area (Å²) in [4.78, 5) is 0. The van der Waals surface area contributed by atoms with Crippen molar-refractivity contribution in [2.24, 2.45) is 0 Å². The Kier molecular flexibility index (Phi) is 4.84. The van der Waals surface area contributed by atoms with Crippen molar-refractivity contribution in [1.82, 2.24) is 0 Å². The van der Waals surface area contributed by atoms with Gasteiger partial charge in [-0.25, -0.2) is 0 Å². The van der Waals surface area contributed by atoms with Crippen molar-refractivity contribution in [3.05, 3.63) is 36.1 Å². The standard InChI is InChI=1S/C12H20Si/c1-3-8-12(9-4-2)13-10-6-5-7-11-13/h3-4,8-9,13H,1,5-7,10-11H2,2H3. The Labute approximate surface area is 83.7 Å². The average Bonchev–Trinajstić information content (AvgIpc) is 2.19. The summed E-state index contributed by atoms with van der Waals surface area (Å²) in [6, 6.07) is 3.01. The van der Waals surface area contributed by atoms with E-state index in [0.29, 0.717) is 0 Å². The lowest BCUT2D eigenvalue weighted by Crippen LogP contribution is -2.18. The molecule has 0 aromatic carbocycles. The van der Waals surface area contributed by atoms with Gasteiger partial charge >= 0.3 is 0 Å². The SMILES string of the molecule is C=CC=C(C=CC)[SiH]1CCCCC1. The molecule has 1 saturated heterocycles. The Bertz CT molecular complexity index is 207. The predicted octanol–water partition coefficient (Wildman–Crippen LogP) is 3.63. The Hall–Kier alpha value is -0.563. The van der Waals surface area contributed by atoms with Crippen LogP contribution in [0.1, 0.15) is 26.2 Å². The molecule has 1 heteroatoms. The topological polar surface area (TPSA) is 0 Å². The van der Waals surface area contributed by atoms with E-state index in [2.05, 4.69) is 31.7 Å². The molecule has 0 N–H and O–H groups in total. The number of rotatable bonds is 3. The molecule has 0 unspecified atom stereocenters. The van der Waals surface area contributed by atoms with E-state index < -0.39 is 8.80 Å². The zero-order valence-corrected chi connectivity index (χ0v) is 9.78. The van der Waals surface area contributed by atoms with Gasteiger partial charge in [-0.1, -0.05) is 67.4 Å². The minimum atomic E-state index is -0.573. The first kappa shape index (κ1) is 10.5. The number of hydrogen-bond donors (Lipinski definition) is 0. The summed E-state index contributed by atoms with van der Waals surface area (Å²) in [5, 5.41) is 1.61. The van der Waals surface area contributed by atoms with E-state index in [1.165, 1.54) is 31.4 Å². The molecule has 0 aromatic rings. The zero-order chi connectivity index (χ0) is 9.52. The smallest absolute Gasteiger partial charge is 0.0708 e. The first-order valence-electron chi connectivity index (χ1n) is 5.33. The molecule has 1 aliphatic rings. The molecule has 1 aliphatic heterocycles. The maximum Gasteiger partial charge on any atom is 0.0708 e. The van der Waals surface area contributed by atoms with Crippen LogP contribution >= 0.6 is 0 Å². The maximum atomic E-state index is 3.79. The summed E-state index contributed by atoms with van der Waals surface area (Å²) >= 11 is 0. The summed E-state index contributed by atoms with van der Waals surface area (Å²) in [6.07, 6.45) is 13.0. The van der Waals surface area contributed by atoms with Crippen molar-refractivity contribution in [1.29, 1.82) is 0 Å². The molecular formula is C12H20Si. The van der Waals surface area contributed by atoms with Gasteiger partial charge in [0.1, 0.15) is 0 Å². The summed E-state index contributed by atoms with van der Waals surface area (Å²) in [7, 11) is -0.573. The number of hydrogen-bond acceptors (Lipinski definition) is 0. The fraction of sp³-hybridized carbons (Fsp3) is 0.500. The fourth-order valence-electron chi connectivity index (χ4n) is 2.09. The molecule has 0 bridgehead atoms. The van der Waals surface area contributed by atoms with Gasteiger partial charge in [0, 0.05) is 0 Å². The van der Waals surface area contributed by atoms with Crippen molar-refractivity contribution in [2.45, 2.75) is 38.3 Å². The average molecular weight is 192 g/mol. The van der Waals surface area contributed by atoms with Gasteiger partial charge in [-0.15, -0.1) is 0 Å². The van der Waals surface area contributed by atoms with Crippen LogP contribution in [0.2, 0.25) is 12.1 Å². The number of allylic oxidation sites excluding steroid dienone is 5. The summed E-state index contributed by atoms with van der Waals surface area (Å²) < 4.78 is 0. The third kappa shape index (κ3) is 3.35. The van der Waals surface area contributed by atoms with Gasteiger partial charge in [-0.2, -0.15) is 0 Å². The monoisotopic (exact) mass is 192 g/mol. The van der Waals surface area contributed by atoms with Gasteiger partial charge in [0.15, 0.2) is 0 Å². The van der Waals surface area contributed by atoms with Crippen LogP contribution < -0.4 is 0 Å². The van der Waals surface area contributed by atoms with Crippen molar-refractivity contribution >= 4 is 8.80 Å². The largest absolute Gasteiger partial charge is 0.0991 e. The van der Waals surface area contributed by atoms with Gasteiger partial charge in [-0.3, -0.25) is 0 Å². The van der Waals surface area contributed by atoms with Crippen LogP contribution in [0.4, 0.5) is 0 Å². The van der Waals surface area contributed by atoms with Gasteiger partial charge in [0.25, 0.3) is 0 Å². The van der Waals surface area contributed by atoms with Crippen LogP contribution in [-0.4, -0.2) is 8.80 Å². The predicted molar refractivity (Wildman–Crippen MR) is 63.7 cm³/mol. The lowest BCUT2D eigenvalue weighted by Gasteiger charge is -2.21. The molecule has 1 heterocycles. The van der Waals surface area contributed by atoms with Crippen LogP contribution in [0.15, 0.2) is 36.1 Å². The van der Waals surface area contributed by atoms with Gasteiger partial charge in [0.05, 0.1) is 8.80 Å². The second-order valence-electron chi connectivity index (χ2n) is 3.74. The molecule has 0 nitrogen and oxygen atoms in total. The Balaban J connectivity index is 2.62. The Morgan fingerprint density at radius 1 is 1.23 bits per heavy atom. The van der Waals surface area contributed by atoms with E-state index in [9.17, 15) is 0 Å². The normalized spacial score (nSPS) is 20.8. The molecule has 0 aromatic heterocycles. The minimum Gasteiger partial charge on any atom is -0.0991 e. The first-order chi connectivity index (χ1) is 6.38. The minimum absolute atomic E-state index is 0.573. The molecule has 0 saturated carbocycles. The quantitative estimate of drug-likeness (QED) is 0.473. The molecular weight excluding hydrogens is 172 g/mol. The van der Waals surface area contributed by atoms with E-state index >= 15 is 0 Å². The van der Waals surface area contributed by atoms with E-state index in [1.54, 1.807) is 5.20 Å². The lowest BCUT2D eigenvalue weighted by atomic mass is 10.3. The van der Waals surface area contributed by atoms with Gasteiger partial charge in [0.2, 0.25) is 0 Å². The van der Waals surface area contributed by atoms with Crippen LogP contribution in [0, 0.1) is 0 Å². The van der Waals surface area contributed by atoms with E-state index in [4.69, 9.17) is 0 Å². The molecule has 1 rings (SSSR count). The highest BCUT2D eigenvalue weighted by Crippen LogP contribution is 2.24. The highest BCUT2D eigenvalue weighted by atomic mass is 28.3. The molecule has 0 radical (unpaired) electrons. The fourth-order valence-corrected chi connectivity index (χ4v) is 5.48. The van der Waals surface area contributed by atoms with Gasteiger partial charge in [-0.05, 0) is 6.92 Å². The Morgan fingerprint density at radius 3 is 2.46 bits per heavy atom. The second kappa shape index (κ2) is 5.98. The van der Waals surface area contributed by atoms with E-state index in [0.717, 1.165) is 0 Å². The Morgan fingerprint density at radius 2 is 1.92 bits per heavy atom. The summed E-state index contributed by atoms with van der Waals surface area (Å²) in [6.45, 7) is 5.89. The zero-order valence-electron chi connectivity index (χ0n) is 8.63. The molecule has 0 atom stereocenters. The molecule has 0 amide bonds. The van der Waals surface area contributed by atoms with Gasteiger partial charge < -0.3 is 0 Å². The van der Waals surface area contributed by atoms with Crippen LogP contribution in [0.3, 0.4) is 0 Å². The molecule has 72 valence electrons. The van der Waals surface area contributed by atoms with Crippen molar-refractivity contribution in [3.63, 3.8) is 0 Å². The maximum absolute atomic E-state index is 3.79.